The molecular weight excluding hydrogens is 742 g/mol. The van der Waals surface area contributed by atoms with Gasteiger partial charge in [0, 0.05) is 24.8 Å². The number of unbranched alkanes of at least 4 members (excludes halogenated alkanes) is 4. The Hall–Kier alpha value is -2.10. The molecule has 55 heavy (non-hydrogen) atoms. The van der Waals surface area contributed by atoms with E-state index < -0.39 is 41.3 Å². The van der Waals surface area contributed by atoms with Crippen LogP contribution in [0.25, 0.3) is 10.9 Å². The maximum atomic E-state index is 12.9. The van der Waals surface area contributed by atoms with Crippen molar-refractivity contribution in [1.82, 2.24) is 15.2 Å². The van der Waals surface area contributed by atoms with Gasteiger partial charge in [-0.15, -0.1) is 23.4 Å². The number of likely N-dealkylation sites (tertiary alicyclic amines) is 1. The average molecular weight is 813 g/mol. The molecule has 0 radical (unpaired) electrons. The number of aryl methyl sites for hydroxylation is 1. The van der Waals surface area contributed by atoms with Gasteiger partial charge in [-0.3, -0.25) is 14.7 Å². The molecule has 1 amide bonds. The zero-order chi connectivity index (χ0) is 40.7. The lowest BCUT2D eigenvalue weighted by molar-refractivity contribution is -0.205. The molecule has 4 rings (SSSR count). The number of thioether (sulfide) groups is 1. The van der Waals surface area contributed by atoms with Crippen LogP contribution < -0.4 is 25.8 Å². The zero-order valence-corrected chi connectivity index (χ0v) is 36.0. The standard InChI is InChI=1S/C23H37N3O2.C18H33ClN2O5S/c1-5-6-7-8-9-15-28-23-20(27-4)16-19(26-18(3)11-10-13-24)22-21(23)17(2)12-14-25-22;1-5-6-10-7-11(21(3)8-10)17(25)20-12(9(2)19)16-14(23)13(22)15(24)18(26-16)27-4/h12,14,16,18,26H,5-11,13,15,24H2,1-4H3;9-16,18,22-24H,5-8H2,1-4H3,(H,20,25)/t;9?,10?,11-,12?,13?,14+,15?,16?,18+/m.0/s1. The minimum atomic E-state index is -1.36. The number of hydrogen-bond donors (Lipinski definition) is 6. The summed E-state index contributed by atoms with van der Waals surface area (Å²) in [6.45, 7) is 12.6. The van der Waals surface area contributed by atoms with E-state index in [9.17, 15) is 20.1 Å². The molecule has 0 aliphatic carbocycles. The molecule has 12 nitrogen and oxygen atoms in total. The molecule has 7 N–H and O–H groups in total. The van der Waals surface area contributed by atoms with Gasteiger partial charge in [0.1, 0.15) is 29.9 Å². The Labute approximate surface area is 339 Å². The number of hydrogen-bond acceptors (Lipinski definition) is 12. The van der Waals surface area contributed by atoms with Crippen molar-refractivity contribution < 1.29 is 34.3 Å². The fourth-order valence-electron chi connectivity index (χ4n) is 7.60. The molecule has 1 aromatic heterocycles. The van der Waals surface area contributed by atoms with E-state index in [1.165, 1.54) is 37.4 Å². The topological polar surface area (TPSA) is 172 Å². The number of methoxy groups -OCH3 is 1. The third-order valence-corrected chi connectivity index (χ3v) is 11.9. The van der Waals surface area contributed by atoms with Gasteiger partial charge in [-0.25, -0.2) is 0 Å². The lowest BCUT2D eigenvalue weighted by Gasteiger charge is -2.44. The second-order valence-corrected chi connectivity index (χ2v) is 16.9. The van der Waals surface area contributed by atoms with E-state index >= 15 is 0 Å². The Bertz CT molecular complexity index is 1440. The second-order valence-electron chi connectivity index (χ2n) is 15.3. The van der Waals surface area contributed by atoms with E-state index in [-0.39, 0.29) is 11.9 Å². The number of nitrogens with two attached hydrogens (primary N) is 1. The van der Waals surface area contributed by atoms with Crippen LogP contribution in [0.1, 0.15) is 97.5 Å². The molecule has 10 atom stereocenters. The molecule has 2 aliphatic heterocycles. The van der Waals surface area contributed by atoms with Gasteiger partial charge in [0.2, 0.25) is 5.91 Å². The van der Waals surface area contributed by atoms with E-state index in [2.05, 4.69) is 43.3 Å². The van der Waals surface area contributed by atoms with Gasteiger partial charge >= 0.3 is 0 Å². The Morgan fingerprint density at radius 1 is 1.13 bits per heavy atom. The molecule has 14 heteroatoms. The van der Waals surface area contributed by atoms with Crippen molar-refractivity contribution in [3.05, 3.63) is 23.9 Å². The first-order valence-electron chi connectivity index (χ1n) is 20.3. The number of alkyl halides is 1. The van der Waals surface area contributed by atoms with Crippen molar-refractivity contribution in [3.8, 4) is 11.5 Å². The Morgan fingerprint density at radius 2 is 1.85 bits per heavy atom. The van der Waals surface area contributed by atoms with Gasteiger partial charge in [-0.05, 0) is 90.3 Å². The second kappa shape index (κ2) is 24.0. The van der Waals surface area contributed by atoms with E-state index in [0.29, 0.717) is 25.1 Å². The molecule has 1 aromatic carbocycles. The maximum absolute atomic E-state index is 12.9. The van der Waals surface area contributed by atoms with E-state index in [4.69, 9.17) is 31.5 Å². The fourth-order valence-corrected chi connectivity index (χ4v) is 8.48. The van der Waals surface area contributed by atoms with Gasteiger partial charge in [0.25, 0.3) is 0 Å². The first kappa shape index (κ1) is 47.3. The molecular formula is C41H70ClN5O7S. The van der Waals surface area contributed by atoms with Crippen LogP contribution >= 0.6 is 23.4 Å². The number of benzene rings is 1. The highest BCUT2D eigenvalue weighted by Crippen LogP contribution is 2.41. The lowest BCUT2D eigenvalue weighted by atomic mass is 9.92. The molecule has 2 aliphatic rings. The van der Waals surface area contributed by atoms with Crippen LogP contribution in [-0.4, -0.2) is 125 Å². The number of nitrogens with one attached hydrogen (secondary N) is 2. The maximum Gasteiger partial charge on any atom is 0.237 e. The first-order chi connectivity index (χ1) is 26.3. The summed E-state index contributed by atoms with van der Waals surface area (Å²) in [7, 11) is 3.64. The number of nitrogens with zero attached hydrogens (tertiary/aromatic N) is 2. The summed E-state index contributed by atoms with van der Waals surface area (Å²) in [4.78, 5) is 19.6. The summed E-state index contributed by atoms with van der Waals surface area (Å²) in [5.41, 5.74) is 8.01. The van der Waals surface area contributed by atoms with Crippen molar-refractivity contribution in [2.75, 3.05) is 45.4 Å². The SMILES string of the molecule is CCCC1C[C@@H](C(=O)NC(C(C)Cl)C2O[C@H](SC)C(O)C(O)[C@H]2O)N(C)C1.CCCCCCCOc1c(OC)cc(NC(C)CCCN)c2nccc(C)c12. The van der Waals surface area contributed by atoms with Crippen molar-refractivity contribution in [2.24, 2.45) is 11.7 Å². The highest BCUT2D eigenvalue weighted by Gasteiger charge is 2.48. The average Bonchev–Trinajstić information content (AvgIpc) is 3.54. The first-order valence-corrected chi connectivity index (χ1v) is 22.0. The predicted molar refractivity (Wildman–Crippen MR) is 226 cm³/mol. The molecule has 7 unspecified atom stereocenters. The van der Waals surface area contributed by atoms with Crippen LogP contribution in [0.4, 0.5) is 5.69 Å². The van der Waals surface area contributed by atoms with E-state index in [1.807, 2.05) is 30.3 Å². The van der Waals surface area contributed by atoms with Crippen molar-refractivity contribution in [3.63, 3.8) is 0 Å². The summed E-state index contributed by atoms with van der Waals surface area (Å²) in [6, 6.07) is 3.42. The fraction of sp³-hybridized carbons (Fsp3) is 0.756. The molecule has 0 spiro atoms. The van der Waals surface area contributed by atoms with Gasteiger partial charge in [0.05, 0.1) is 47.8 Å². The van der Waals surface area contributed by atoms with Crippen molar-refractivity contribution in [2.45, 2.75) is 152 Å². The molecule has 0 saturated carbocycles. The quantitative estimate of drug-likeness (QED) is 0.0700. The van der Waals surface area contributed by atoms with Gasteiger partial charge in [0.15, 0.2) is 11.5 Å². The number of aromatic nitrogens is 1. The Kier molecular flexibility index (Phi) is 20.6. The van der Waals surface area contributed by atoms with Crippen LogP contribution in [0, 0.1) is 12.8 Å². The van der Waals surface area contributed by atoms with E-state index in [0.717, 1.165) is 78.7 Å². The smallest absolute Gasteiger partial charge is 0.237 e. The number of aliphatic hydroxyl groups excluding tert-OH is 3. The number of carbonyl (C=O) groups is 1. The number of carbonyl (C=O) groups excluding carboxylic acids is 1. The summed E-state index contributed by atoms with van der Waals surface area (Å²) in [6.07, 6.45) is 9.83. The highest BCUT2D eigenvalue weighted by atomic mass is 35.5. The zero-order valence-electron chi connectivity index (χ0n) is 34.4. The van der Waals surface area contributed by atoms with Gasteiger partial charge in [-0.1, -0.05) is 46.0 Å². The normalized spacial score (nSPS) is 25.8. The Balaban J connectivity index is 0.000000296. The largest absolute Gasteiger partial charge is 0.493 e. The van der Waals surface area contributed by atoms with Gasteiger partial charge in [-0.2, -0.15) is 0 Å². The highest BCUT2D eigenvalue weighted by molar-refractivity contribution is 7.99. The molecule has 2 saturated heterocycles. The number of likely N-dealkylation sites (N-methyl/N-ethyl adjacent to an activating group) is 1. The summed E-state index contributed by atoms with van der Waals surface area (Å²) in [5, 5.41) is 37.6. The molecule has 0 bridgehead atoms. The van der Waals surface area contributed by atoms with Crippen LogP contribution in [0.2, 0.25) is 0 Å². The number of fused-ring (bicyclic) bond motifs is 1. The number of amides is 1. The predicted octanol–water partition coefficient (Wildman–Crippen LogP) is 5.83. The van der Waals surface area contributed by atoms with Crippen LogP contribution in [0.3, 0.4) is 0 Å². The number of ether oxygens (including phenoxy) is 3. The summed E-state index contributed by atoms with van der Waals surface area (Å²) < 4.78 is 17.7. The van der Waals surface area contributed by atoms with E-state index in [1.54, 1.807) is 20.3 Å². The molecule has 2 fully saturated rings. The molecule has 314 valence electrons. The van der Waals surface area contributed by atoms with Gasteiger partial charge < -0.3 is 45.9 Å². The number of pyridine rings is 1. The third-order valence-electron chi connectivity index (χ3n) is 10.7. The Morgan fingerprint density at radius 3 is 2.49 bits per heavy atom. The number of aliphatic hydroxyl groups is 3. The van der Waals surface area contributed by atoms with Crippen molar-refractivity contribution >= 4 is 45.9 Å². The minimum Gasteiger partial charge on any atom is -0.493 e. The van der Waals surface area contributed by atoms with Crippen LogP contribution in [-0.2, 0) is 9.53 Å². The number of anilines is 1. The lowest BCUT2D eigenvalue weighted by Crippen LogP contribution is -2.65. The minimum absolute atomic E-state index is 0.147. The monoisotopic (exact) mass is 811 g/mol. The number of rotatable bonds is 20. The van der Waals surface area contributed by atoms with Crippen LogP contribution in [0.15, 0.2) is 18.3 Å². The number of halogens is 1. The third kappa shape index (κ3) is 13.2. The molecule has 3 heterocycles. The molecule has 2 aromatic rings. The van der Waals surface area contributed by atoms with Crippen molar-refractivity contribution in [1.29, 1.82) is 0 Å². The summed E-state index contributed by atoms with van der Waals surface area (Å²) in [5.74, 6) is 1.91. The van der Waals surface area contributed by atoms with Crippen LogP contribution in [0.5, 0.6) is 11.5 Å². The summed E-state index contributed by atoms with van der Waals surface area (Å²) >= 11 is 7.55.